The Morgan fingerprint density at radius 1 is 1.03 bits per heavy atom. The molecule has 0 unspecified atom stereocenters. The fraction of sp³-hybridized carbons (Fsp3) is 0.167. The number of ether oxygens (including phenoxy) is 1. The number of sulfone groups is 1. The summed E-state index contributed by atoms with van der Waals surface area (Å²) in [5, 5.41) is 4.00. The molecule has 3 aromatic rings. The molecule has 0 bridgehead atoms. The SMILES string of the molecule is COc1cccc(CC(=O)N/N=C/c2ccccc2CS(=O)(=O)c2ccc(C)cc2)c1. The topological polar surface area (TPSA) is 84.8 Å². The molecule has 0 aliphatic heterocycles. The maximum Gasteiger partial charge on any atom is 0.244 e. The molecule has 0 saturated carbocycles. The van der Waals surface area contributed by atoms with E-state index in [1.54, 1.807) is 67.8 Å². The molecule has 0 radical (unpaired) electrons. The van der Waals surface area contributed by atoms with Gasteiger partial charge in [-0.3, -0.25) is 4.79 Å². The van der Waals surface area contributed by atoms with E-state index in [4.69, 9.17) is 4.74 Å². The molecule has 0 fully saturated rings. The van der Waals surface area contributed by atoms with Gasteiger partial charge in [-0.05, 0) is 47.9 Å². The van der Waals surface area contributed by atoms with E-state index in [0.717, 1.165) is 11.1 Å². The zero-order valence-electron chi connectivity index (χ0n) is 17.4. The Labute approximate surface area is 182 Å². The third-order valence-corrected chi connectivity index (χ3v) is 6.35. The first kappa shape index (κ1) is 22.2. The van der Waals surface area contributed by atoms with Crippen molar-refractivity contribution >= 4 is 22.0 Å². The minimum atomic E-state index is -3.50. The molecule has 31 heavy (non-hydrogen) atoms. The summed E-state index contributed by atoms with van der Waals surface area (Å²) in [6, 6.07) is 21.1. The molecule has 0 heterocycles. The van der Waals surface area contributed by atoms with Crippen LogP contribution in [-0.4, -0.2) is 27.6 Å². The average molecular weight is 437 g/mol. The maximum absolute atomic E-state index is 12.8. The molecule has 0 aromatic heterocycles. The Morgan fingerprint density at radius 2 is 1.77 bits per heavy atom. The average Bonchev–Trinajstić information content (AvgIpc) is 2.75. The molecule has 6 nitrogen and oxygen atoms in total. The largest absolute Gasteiger partial charge is 0.497 e. The van der Waals surface area contributed by atoms with Gasteiger partial charge < -0.3 is 4.74 Å². The second-order valence-corrected chi connectivity index (χ2v) is 9.08. The molecule has 1 amide bonds. The number of nitrogens with zero attached hydrogens (tertiary/aromatic N) is 1. The molecule has 0 atom stereocenters. The summed E-state index contributed by atoms with van der Waals surface area (Å²) in [5.74, 6) is 0.238. The summed E-state index contributed by atoms with van der Waals surface area (Å²) in [7, 11) is -1.93. The molecule has 7 heteroatoms. The van der Waals surface area contributed by atoms with Gasteiger partial charge in [0.1, 0.15) is 5.75 Å². The molecule has 0 aliphatic rings. The molecule has 160 valence electrons. The highest BCUT2D eigenvalue weighted by molar-refractivity contribution is 7.90. The standard InChI is InChI=1S/C24H24N2O4S/c1-18-10-12-23(13-11-18)31(28,29)17-21-8-4-3-7-20(21)16-25-26-24(27)15-19-6-5-9-22(14-19)30-2/h3-14,16H,15,17H2,1-2H3,(H,26,27)/b25-16+. The van der Waals surface area contributed by atoms with Gasteiger partial charge in [0.25, 0.3) is 0 Å². The normalized spacial score (nSPS) is 11.4. The fourth-order valence-corrected chi connectivity index (χ4v) is 4.40. The van der Waals surface area contributed by atoms with Gasteiger partial charge >= 0.3 is 0 Å². The second kappa shape index (κ2) is 10.0. The van der Waals surface area contributed by atoms with Crippen LogP contribution in [0, 0.1) is 6.92 Å². The summed E-state index contributed by atoms with van der Waals surface area (Å²) in [6.07, 6.45) is 1.61. The van der Waals surface area contributed by atoms with Crippen molar-refractivity contribution in [2.45, 2.75) is 24.0 Å². The van der Waals surface area contributed by atoms with E-state index in [2.05, 4.69) is 10.5 Å². The highest BCUT2D eigenvalue weighted by Gasteiger charge is 2.16. The van der Waals surface area contributed by atoms with Gasteiger partial charge in [-0.25, -0.2) is 13.8 Å². The molecule has 3 aromatic carbocycles. The lowest BCUT2D eigenvalue weighted by molar-refractivity contribution is -0.120. The minimum absolute atomic E-state index is 0.151. The third-order valence-electron chi connectivity index (χ3n) is 4.67. The van der Waals surface area contributed by atoms with Gasteiger partial charge in [0.2, 0.25) is 5.91 Å². The number of hydrogen-bond acceptors (Lipinski definition) is 5. The first-order valence-corrected chi connectivity index (χ1v) is 11.3. The van der Waals surface area contributed by atoms with Crippen molar-refractivity contribution in [2.24, 2.45) is 5.10 Å². The smallest absolute Gasteiger partial charge is 0.244 e. The van der Waals surface area contributed by atoms with Crippen LogP contribution in [0.3, 0.4) is 0 Å². The lowest BCUT2D eigenvalue weighted by Crippen LogP contribution is -2.20. The molecule has 1 N–H and O–H groups in total. The summed E-state index contributed by atoms with van der Waals surface area (Å²) < 4.78 is 30.7. The first-order chi connectivity index (χ1) is 14.9. The zero-order chi connectivity index (χ0) is 22.3. The molecule has 0 aliphatic carbocycles. The number of methoxy groups -OCH3 is 1. The highest BCUT2D eigenvalue weighted by Crippen LogP contribution is 2.19. The van der Waals surface area contributed by atoms with Gasteiger partial charge in [0.05, 0.1) is 30.4 Å². The van der Waals surface area contributed by atoms with E-state index in [9.17, 15) is 13.2 Å². The third kappa shape index (κ3) is 6.26. The van der Waals surface area contributed by atoms with Crippen LogP contribution in [0.4, 0.5) is 0 Å². The van der Waals surface area contributed by atoms with Crippen molar-refractivity contribution in [2.75, 3.05) is 7.11 Å². The Morgan fingerprint density at radius 3 is 2.52 bits per heavy atom. The predicted molar refractivity (Wildman–Crippen MR) is 121 cm³/mol. The Hall–Kier alpha value is -3.45. The van der Waals surface area contributed by atoms with E-state index < -0.39 is 9.84 Å². The number of hydrogen-bond donors (Lipinski definition) is 1. The molecule has 3 rings (SSSR count). The highest BCUT2D eigenvalue weighted by atomic mass is 32.2. The van der Waals surface area contributed by atoms with Gasteiger partial charge in [-0.1, -0.05) is 54.1 Å². The number of carbonyl (C=O) groups excluding carboxylic acids is 1. The zero-order valence-corrected chi connectivity index (χ0v) is 18.2. The molecular weight excluding hydrogens is 412 g/mol. The lowest BCUT2D eigenvalue weighted by Gasteiger charge is -2.08. The first-order valence-electron chi connectivity index (χ1n) is 9.69. The molecular formula is C24H24N2O4S. The van der Waals surface area contributed by atoms with Crippen molar-refractivity contribution in [3.05, 3.63) is 95.1 Å². The quantitative estimate of drug-likeness (QED) is 0.431. The van der Waals surface area contributed by atoms with Crippen molar-refractivity contribution in [1.29, 1.82) is 0 Å². The monoisotopic (exact) mass is 436 g/mol. The summed E-state index contributed by atoms with van der Waals surface area (Å²) >= 11 is 0. The summed E-state index contributed by atoms with van der Waals surface area (Å²) in [4.78, 5) is 12.4. The number of aryl methyl sites for hydroxylation is 1. The fourth-order valence-electron chi connectivity index (χ4n) is 3.01. The van der Waals surface area contributed by atoms with Crippen LogP contribution in [0.15, 0.2) is 82.8 Å². The van der Waals surface area contributed by atoms with Gasteiger partial charge in [0.15, 0.2) is 9.84 Å². The van der Waals surface area contributed by atoms with Crippen LogP contribution in [-0.2, 0) is 26.8 Å². The number of rotatable bonds is 8. The molecule has 0 saturated heterocycles. The van der Waals surface area contributed by atoms with Crippen LogP contribution >= 0.6 is 0 Å². The number of amides is 1. The van der Waals surface area contributed by atoms with Gasteiger partial charge in [-0.2, -0.15) is 5.10 Å². The van der Waals surface area contributed by atoms with Crippen LogP contribution in [0.1, 0.15) is 22.3 Å². The predicted octanol–water partition coefficient (Wildman–Crippen LogP) is 3.67. The van der Waals surface area contributed by atoms with Crippen molar-refractivity contribution < 1.29 is 17.9 Å². The molecule has 0 spiro atoms. The van der Waals surface area contributed by atoms with Crippen LogP contribution in [0.2, 0.25) is 0 Å². The number of nitrogens with one attached hydrogen (secondary N) is 1. The number of carbonyl (C=O) groups is 1. The summed E-state index contributed by atoms with van der Waals surface area (Å²) in [5.41, 5.74) is 5.51. The van der Waals surface area contributed by atoms with E-state index in [1.165, 1.54) is 6.21 Å². The minimum Gasteiger partial charge on any atom is -0.497 e. The van der Waals surface area contributed by atoms with E-state index in [-0.39, 0.29) is 23.0 Å². The summed E-state index contributed by atoms with van der Waals surface area (Å²) in [6.45, 7) is 1.91. The Bertz CT molecular complexity index is 1190. The second-order valence-electron chi connectivity index (χ2n) is 7.09. The Kier molecular flexibility index (Phi) is 7.20. The number of benzene rings is 3. The van der Waals surface area contributed by atoms with Gasteiger partial charge in [-0.15, -0.1) is 0 Å². The van der Waals surface area contributed by atoms with Crippen LogP contribution < -0.4 is 10.2 Å². The van der Waals surface area contributed by atoms with E-state index >= 15 is 0 Å². The van der Waals surface area contributed by atoms with Crippen LogP contribution in [0.5, 0.6) is 5.75 Å². The lowest BCUT2D eigenvalue weighted by atomic mass is 10.1. The Balaban J connectivity index is 1.68. The van der Waals surface area contributed by atoms with Crippen molar-refractivity contribution in [3.63, 3.8) is 0 Å². The van der Waals surface area contributed by atoms with E-state index in [1.807, 2.05) is 19.1 Å². The van der Waals surface area contributed by atoms with E-state index in [0.29, 0.717) is 16.9 Å². The van der Waals surface area contributed by atoms with Gasteiger partial charge in [0, 0.05) is 0 Å². The van der Waals surface area contributed by atoms with Crippen molar-refractivity contribution in [3.8, 4) is 5.75 Å². The number of hydrazone groups is 1. The van der Waals surface area contributed by atoms with Crippen molar-refractivity contribution in [1.82, 2.24) is 5.43 Å². The maximum atomic E-state index is 12.8. The van der Waals surface area contributed by atoms with Crippen LogP contribution in [0.25, 0.3) is 0 Å².